The fourth-order valence-electron chi connectivity index (χ4n) is 2.47. The van der Waals surface area contributed by atoms with Gasteiger partial charge >= 0.3 is 0 Å². The predicted octanol–water partition coefficient (Wildman–Crippen LogP) is 2.61. The van der Waals surface area contributed by atoms with Gasteiger partial charge in [0.1, 0.15) is 5.60 Å². The number of thiophene rings is 1. The maximum Gasteiger partial charge on any atom is 0.191 e. The Morgan fingerprint density at radius 3 is 2.75 bits per heavy atom. The fourth-order valence-corrected chi connectivity index (χ4v) is 3.25. The lowest BCUT2D eigenvalue weighted by Gasteiger charge is -2.26. The smallest absolute Gasteiger partial charge is 0.191 e. The van der Waals surface area contributed by atoms with E-state index in [1.54, 1.807) is 11.3 Å². The molecule has 1 aliphatic rings. The molecule has 1 fully saturated rings. The van der Waals surface area contributed by atoms with E-state index in [9.17, 15) is 5.11 Å². The Labute approximate surface area is 167 Å². The molecule has 2 unspecified atom stereocenters. The molecule has 5 nitrogen and oxygen atoms in total. The molecule has 0 spiro atoms. The summed E-state index contributed by atoms with van der Waals surface area (Å²) in [7, 11) is 2.19. The molecule has 1 saturated carbocycles. The Hall–Kier alpha value is -0.380. The van der Waals surface area contributed by atoms with E-state index in [1.165, 1.54) is 12.8 Å². The topological polar surface area (TPSA) is 59.9 Å². The van der Waals surface area contributed by atoms with Gasteiger partial charge in [0.15, 0.2) is 5.96 Å². The van der Waals surface area contributed by atoms with E-state index in [-0.39, 0.29) is 24.0 Å². The van der Waals surface area contributed by atoms with Crippen molar-refractivity contribution in [2.45, 2.75) is 51.3 Å². The van der Waals surface area contributed by atoms with Gasteiger partial charge in [-0.25, -0.2) is 4.99 Å². The molecule has 0 saturated heterocycles. The molecular formula is C17H31IN4OS. The third-order valence-corrected chi connectivity index (χ3v) is 5.45. The molecule has 7 heteroatoms. The Balaban J connectivity index is 0.00000288. The number of nitrogens with zero attached hydrogens (tertiary/aromatic N) is 2. The lowest BCUT2D eigenvalue weighted by molar-refractivity contribution is 0.0711. The first-order valence-corrected chi connectivity index (χ1v) is 9.32. The first-order chi connectivity index (χ1) is 10.9. The molecule has 0 amide bonds. The number of hydrogen-bond donors (Lipinski definition) is 3. The third kappa shape index (κ3) is 6.50. The SMILES string of the molecule is CCNC(=NCC(C)(O)c1cccs1)NCC(C)N(C)C1CC1.I. The number of nitrogens with one attached hydrogen (secondary N) is 2. The molecule has 138 valence electrons. The quantitative estimate of drug-likeness (QED) is 0.313. The highest BCUT2D eigenvalue weighted by Crippen LogP contribution is 2.27. The molecule has 2 rings (SSSR count). The van der Waals surface area contributed by atoms with Crippen LogP contribution >= 0.6 is 35.3 Å². The standard InChI is InChI=1S/C17H30N4OS.HI/c1-5-18-16(19-11-13(2)21(4)14-8-9-14)20-12-17(3,22)15-7-6-10-23-15;/h6-7,10,13-14,22H,5,8-9,11-12H2,1-4H3,(H2,18,19,20);1H. The number of guanidine groups is 1. The number of halogens is 1. The van der Waals surface area contributed by atoms with E-state index < -0.39 is 5.60 Å². The summed E-state index contributed by atoms with van der Waals surface area (Å²) in [4.78, 5) is 7.94. The van der Waals surface area contributed by atoms with Crippen LogP contribution in [0.5, 0.6) is 0 Å². The van der Waals surface area contributed by atoms with Crippen molar-refractivity contribution in [3.63, 3.8) is 0 Å². The van der Waals surface area contributed by atoms with Crippen LogP contribution < -0.4 is 10.6 Å². The van der Waals surface area contributed by atoms with Crippen molar-refractivity contribution in [3.05, 3.63) is 22.4 Å². The van der Waals surface area contributed by atoms with Crippen molar-refractivity contribution in [1.82, 2.24) is 15.5 Å². The largest absolute Gasteiger partial charge is 0.383 e. The summed E-state index contributed by atoms with van der Waals surface area (Å²) in [6.07, 6.45) is 2.64. The van der Waals surface area contributed by atoms with Gasteiger partial charge in [-0.05, 0) is 52.1 Å². The minimum absolute atomic E-state index is 0. The summed E-state index contributed by atoms with van der Waals surface area (Å²) < 4.78 is 0. The Bertz CT molecular complexity index is 503. The van der Waals surface area contributed by atoms with Crippen LogP contribution in [-0.2, 0) is 5.60 Å². The zero-order valence-corrected chi connectivity index (χ0v) is 18.2. The molecule has 0 aliphatic heterocycles. The van der Waals surface area contributed by atoms with Gasteiger partial charge in [0.25, 0.3) is 0 Å². The maximum absolute atomic E-state index is 10.6. The van der Waals surface area contributed by atoms with Crippen molar-refractivity contribution in [3.8, 4) is 0 Å². The summed E-state index contributed by atoms with van der Waals surface area (Å²) in [5, 5.41) is 19.2. The Kier molecular flexibility index (Phi) is 8.97. The Morgan fingerprint density at radius 2 is 2.21 bits per heavy atom. The first kappa shape index (κ1) is 21.7. The van der Waals surface area contributed by atoms with Crippen molar-refractivity contribution in [2.24, 2.45) is 4.99 Å². The molecule has 24 heavy (non-hydrogen) atoms. The highest BCUT2D eigenvalue weighted by Gasteiger charge is 2.29. The van der Waals surface area contributed by atoms with E-state index in [0.717, 1.165) is 30.0 Å². The van der Waals surface area contributed by atoms with Crippen LogP contribution in [0.3, 0.4) is 0 Å². The number of rotatable bonds is 8. The van der Waals surface area contributed by atoms with Crippen LogP contribution in [0, 0.1) is 0 Å². The molecule has 3 N–H and O–H groups in total. The van der Waals surface area contributed by atoms with Gasteiger partial charge < -0.3 is 15.7 Å². The summed E-state index contributed by atoms with van der Waals surface area (Å²) >= 11 is 1.56. The van der Waals surface area contributed by atoms with E-state index in [4.69, 9.17) is 0 Å². The van der Waals surface area contributed by atoms with Gasteiger partial charge in [0.05, 0.1) is 6.54 Å². The highest BCUT2D eigenvalue weighted by atomic mass is 127. The van der Waals surface area contributed by atoms with Crippen LogP contribution in [0.4, 0.5) is 0 Å². The van der Waals surface area contributed by atoms with Gasteiger partial charge in [-0.3, -0.25) is 4.90 Å². The van der Waals surface area contributed by atoms with Gasteiger partial charge in [0.2, 0.25) is 0 Å². The molecule has 0 aromatic carbocycles. The third-order valence-electron chi connectivity index (χ3n) is 4.32. The van der Waals surface area contributed by atoms with Crippen LogP contribution in [-0.4, -0.2) is 54.7 Å². The molecule has 1 heterocycles. The molecule has 2 atom stereocenters. The van der Waals surface area contributed by atoms with Crippen LogP contribution in [0.25, 0.3) is 0 Å². The summed E-state index contributed by atoms with van der Waals surface area (Å²) in [6, 6.07) is 5.12. The zero-order chi connectivity index (χ0) is 16.9. The van der Waals surface area contributed by atoms with Gasteiger partial charge in [0, 0.05) is 30.1 Å². The second-order valence-corrected chi connectivity index (χ2v) is 7.52. The molecular weight excluding hydrogens is 435 g/mol. The van der Waals surface area contributed by atoms with Gasteiger partial charge in [-0.15, -0.1) is 35.3 Å². The van der Waals surface area contributed by atoms with Crippen molar-refractivity contribution >= 4 is 41.3 Å². The van der Waals surface area contributed by atoms with Crippen molar-refractivity contribution < 1.29 is 5.11 Å². The number of aliphatic hydroxyl groups is 1. The average molecular weight is 466 g/mol. The highest BCUT2D eigenvalue weighted by molar-refractivity contribution is 14.0. The summed E-state index contributed by atoms with van der Waals surface area (Å²) in [5.41, 5.74) is -0.924. The minimum Gasteiger partial charge on any atom is -0.383 e. The van der Waals surface area contributed by atoms with E-state index >= 15 is 0 Å². The van der Waals surface area contributed by atoms with E-state index in [1.807, 2.05) is 31.4 Å². The lowest BCUT2D eigenvalue weighted by Crippen LogP contribution is -2.46. The monoisotopic (exact) mass is 466 g/mol. The molecule has 1 aromatic rings. The van der Waals surface area contributed by atoms with Crippen LogP contribution in [0.1, 0.15) is 38.5 Å². The molecule has 1 aromatic heterocycles. The number of likely N-dealkylation sites (N-methyl/N-ethyl adjacent to an activating group) is 1. The summed E-state index contributed by atoms with van der Waals surface area (Å²) in [5.74, 6) is 0.764. The van der Waals surface area contributed by atoms with Crippen molar-refractivity contribution in [1.29, 1.82) is 0 Å². The number of aliphatic imine (C=N–C) groups is 1. The average Bonchev–Trinajstić information content (AvgIpc) is 3.22. The van der Waals surface area contributed by atoms with E-state index in [2.05, 4.69) is 34.5 Å². The molecule has 1 aliphatic carbocycles. The zero-order valence-electron chi connectivity index (χ0n) is 15.1. The maximum atomic E-state index is 10.6. The van der Waals surface area contributed by atoms with Crippen LogP contribution in [0.2, 0.25) is 0 Å². The van der Waals surface area contributed by atoms with Crippen LogP contribution in [0.15, 0.2) is 22.5 Å². The number of hydrogen-bond acceptors (Lipinski definition) is 4. The van der Waals surface area contributed by atoms with Crippen molar-refractivity contribution in [2.75, 3.05) is 26.7 Å². The molecule has 0 radical (unpaired) electrons. The van der Waals surface area contributed by atoms with E-state index in [0.29, 0.717) is 12.6 Å². The lowest BCUT2D eigenvalue weighted by atomic mass is 10.1. The first-order valence-electron chi connectivity index (χ1n) is 8.44. The summed E-state index contributed by atoms with van der Waals surface area (Å²) in [6.45, 7) is 8.09. The second kappa shape index (κ2) is 9.94. The predicted molar refractivity (Wildman–Crippen MR) is 114 cm³/mol. The minimum atomic E-state index is -0.924. The fraction of sp³-hybridized carbons (Fsp3) is 0.706. The Morgan fingerprint density at radius 1 is 1.50 bits per heavy atom. The second-order valence-electron chi connectivity index (χ2n) is 6.57. The van der Waals surface area contributed by atoms with Gasteiger partial charge in [-0.2, -0.15) is 0 Å². The molecule has 0 bridgehead atoms. The normalized spacial score (nSPS) is 18.7. The van der Waals surface area contributed by atoms with Gasteiger partial charge in [-0.1, -0.05) is 6.07 Å².